The van der Waals surface area contributed by atoms with E-state index in [1.807, 2.05) is 60.4 Å². The Morgan fingerprint density at radius 3 is 2.62 bits per heavy atom. The number of benzene rings is 3. The number of para-hydroxylation sites is 1. The quantitative estimate of drug-likeness (QED) is 0.467. The molecule has 1 atom stereocenters. The van der Waals surface area contributed by atoms with Gasteiger partial charge in [0.1, 0.15) is 11.5 Å². The van der Waals surface area contributed by atoms with Gasteiger partial charge in [0.25, 0.3) is 5.91 Å². The van der Waals surface area contributed by atoms with Crippen molar-refractivity contribution >= 4 is 16.8 Å². The van der Waals surface area contributed by atoms with E-state index in [2.05, 4.69) is 29.2 Å². The van der Waals surface area contributed by atoms with Crippen LogP contribution in [0, 0.1) is 0 Å². The maximum Gasteiger partial charge on any atom is 0.254 e. The van der Waals surface area contributed by atoms with Crippen LogP contribution >= 0.6 is 0 Å². The van der Waals surface area contributed by atoms with E-state index in [0.29, 0.717) is 18.7 Å². The van der Waals surface area contributed by atoms with Crippen molar-refractivity contribution in [3.63, 3.8) is 0 Å². The van der Waals surface area contributed by atoms with Gasteiger partial charge in [0.15, 0.2) is 0 Å². The highest BCUT2D eigenvalue weighted by Gasteiger charge is 2.35. The number of hydrogen-bond donors (Lipinski definition) is 1. The number of nitrogens with zero attached hydrogens (tertiary/aromatic N) is 1. The summed E-state index contributed by atoms with van der Waals surface area (Å²) in [7, 11) is 1.63. The molecule has 4 aromatic rings. The van der Waals surface area contributed by atoms with Crippen LogP contribution in [0.15, 0.2) is 72.8 Å². The summed E-state index contributed by atoms with van der Waals surface area (Å²) in [5, 5.41) is 1.23. The predicted molar refractivity (Wildman–Crippen MR) is 125 cm³/mol. The Balaban J connectivity index is 1.62. The van der Waals surface area contributed by atoms with Gasteiger partial charge >= 0.3 is 0 Å². The van der Waals surface area contributed by atoms with Crippen LogP contribution in [-0.4, -0.2) is 36.1 Å². The predicted octanol–water partition coefficient (Wildman–Crippen LogP) is 5.36. The lowest BCUT2D eigenvalue weighted by Gasteiger charge is -2.36. The molecule has 1 aliphatic heterocycles. The molecule has 0 spiro atoms. The van der Waals surface area contributed by atoms with Gasteiger partial charge in [0, 0.05) is 28.7 Å². The minimum atomic E-state index is -0.221. The number of hydrogen-bond acceptors (Lipinski definition) is 3. The SMILES string of the molecule is CCOc1cccc([C@@H]2c3[nH]c4ccccc4c3CCN2C(=O)c2ccc(OC)cc2)c1. The maximum atomic E-state index is 13.7. The van der Waals surface area contributed by atoms with Gasteiger partial charge in [-0.3, -0.25) is 4.79 Å². The Morgan fingerprint density at radius 1 is 1.03 bits per heavy atom. The Hall–Kier alpha value is -3.73. The van der Waals surface area contributed by atoms with E-state index < -0.39 is 0 Å². The first kappa shape index (κ1) is 20.2. The smallest absolute Gasteiger partial charge is 0.254 e. The second-order valence-corrected chi connectivity index (χ2v) is 7.95. The zero-order valence-corrected chi connectivity index (χ0v) is 18.3. The molecule has 0 unspecified atom stereocenters. The Bertz CT molecular complexity index is 1260. The number of nitrogens with one attached hydrogen (secondary N) is 1. The van der Waals surface area contributed by atoms with Gasteiger partial charge in [-0.2, -0.15) is 0 Å². The van der Waals surface area contributed by atoms with E-state index in [1.165, 1.54) is 10.9 Å². The molecule has 162 valence electrons. The van der Waals surface area contributed by atoms with E-state index in [1.54, 1.807) is 7.11 Å². The zero-order valence-electron chi connectivity index (χ0n) is 18.3. The summed E-state index contributed by atoms with van der Waals surface area (Å²) in [4.78, 5) is 19.2. The van der Waals surface area contributed by atoms with Crippen LogP contribution in [-0.2, 0) is 6.42 Å². The third kappa shape index (κ3) is 3.50. The molecule has 1 aromatic heterocycles. The molecule has 1 aliphatic rings. The lowest BCUT2D eigenvalue weighted by Crippen LogP contribution is -2.40. The third-order valence-electron chi connectivity index (χ3n) is 6.12. The van der Waals surface area contributed by atoms with Gasteiger partial charge in [-0.15, -0.1) is 0 Å². The number of carbonyl (C=O) groups excluding carboxylic acids is 1. The Morgan fingerprint density at radius 2 is 1.84 bits per heavy atom. The number of fused-ring (bicyclic) bond motifs is 3. The Labute approximate surface area is 187 Å². The van der Waals surface area contributed by atoms with Gasteiger partial charge in [0.05, 0.1) is 19.8 Å². The highest BCUT2D eigenvalue weighted by molar-refractivity contribution is 5.95. The van der Waals surface area contributed by atoms with Crippen molar-refractivity contribution in [2.75, 3.05) is 20.3 Å². The van der Waals surface area contributed by atoms with Crippen molar-refractivity contribution in [1.82, 2.24) is 9.88 Å². The van der Waals surface area contributed by atoms with Gasteiger partial charge in [-0.1, -0.05) is 30.3 Å². The van der Waals surface area contributed by atoms with Crippen LogP contribution in [0.2, 0.25) is 0 Å². The lowest BCUT2D eigenvalue weighted by atomic mass is 9.91. The number of H-pyrrole nitrogens is 1. The lowest BCUT2D eigenvalue weighted by molar-refractivity contribution is 0.0691. The molecule has 1 N–H and O–H groups in total. The molecule has 32 heavy (non-hydrogen) atoms. The highest BCUT2D eigenvalue weighted by atomic mass is 16.5. The molecular formula is C27H26N2O3. The summed E-state index contributed by atoms with van der Waals surface area (Å²) >= 11 is 0. The minimum absolute atomic E-state index is 0.00349. The first-order chi connectivity index (χ1) is 15.7. The number of methoxy groups -OCH3 is 1. The first-order valence-electron chi connectivity index (χ1n) is 11.0. The van der Waals surface area contributed by atoms with Crippen molar-refractivity contribution in [1.29, 1.82) is 0 Å². The largest absolute Gasteiger partial charge is 0.497 e. The van der Waals surface area contributed by atoms with Crippen LogP contribution < -0.4 is 9.47 Å². The van der Waals surface area contributed by atoms with Crippen LogP contribution in [0.4, 0.5) is 0 Å². The molecule has 1 amide bonds. The van der Waals surface area contributed by atoms with Gasteiger partial charge in [0.2, 0.25) is 0 Å². The number of ether oxygens (including phenoxy) is 2. The standard InChI is InChI=1S/C27H26N2O3/c1-3-32-21-8-6-7-19(17-21)26-25-23(22-9-4-5-10-24(22)28-25)15-16-29(26)27(30)18-11-13-20(31-2)14-12-18/h4-14,17,26,28H,3,15-16H2,1-2H3/t26-/m1/s1. The number of amides is 1. The van der Waals surface area contributed by atoms with Crippen molar-refractivity contribution in [3.05, 3.63) is 95.2 Å². The van der Waals surface area contributed by atoms with Crippen LogP contribution in [0.1, 0.15) is 40.1 Å². The number of rotatable bonds is 5. The molecule has 0 bridgehead atoms. The van der Waals surface area contributed by atoms with Gasteiger partial charge < -0.3 is 19.4 Å². The average Bonchev–Trinajstić information content (AvgIpc) is 3.22. The average molecular weight is 427 g/mol. The fourth-order valence-corrected chi connectivity index (χ4v) is 4.65. The zero-order chi connectivity index (χ0) is 22.1. The van der Waals surface area contributed by atoms with Gasteiger partial charge in [-0.05, 0) is 66.9 Å². The highest BCUT2D eigenvalue weighted by Crippen LogP contribution is 2.40. The summed E-state index contributed by atoms with van der Waals surface area (Å²) in [5.41, 5.74) is 5.14. The van der Waals surface area contributed by atoms with Crippen LogP contribution in [0.5, 0.6) is 11.5 Å². The van der Waals surface area contributed by atoms with Crippen LogP contribution in [0.3, 0.4) is 0 Å². The molecule has 5 nitrogen and oxygen atoms in total. The molecule has 0 aliphatic carbocycles. The molecule has 3 aromatic carbocycles. The number of aromatic amines is 1. The van der Waals surface area contributed by atoms with Crippen molar-refractivity contribution in [2.24, 2.45) is 0 Å². The molecule has 0 fully saturated rings. The molecule has 5 rings (SSSR count). The van der Waals surface area contributed by atoms with E-state index >= 15 is 0 Å². The summed E-state index contributed by atoms with van der Waals surface area (Å²) in [6, 6.07) is 23.5. The summed E-state index contributed by atoms with van der Waals surface area (Å²) < 4.78 is 11.0. The van der Waals surface area contributed by atoms with Gasteiger partial charge in [-0.25, -0.2) is 0 Å². The fourth-order valence-electron chi connectivity index (χ4n) is 4.65. The second kappa shape index (κ2) is 8.42. The van der Waals surface area contributed by atoms with E-state index in [9.17, 15) is 4.79 Å². The number of carbonyl (C=O) groups is 1. The fraction of sp³-hybridized carbons (Fsp3) is 0.222. The molecule has 2 heterocycles. The minimum Gasteiger partial charge on any atom is -0.497 e. The van der Waals surface area contributed by atoms with E-state index in [4.69, 9.17) is 9.47 Å². The number of aromatic nitrogens is 1. The molecule has 0 saturated carbocycles. The van der Waals surface area contributed by atoms with Crippen molar-refractivity contribution in [2.45, 2.75) is 19.4 Å². The molecule has 0 saturated heterocycles. The Kier molecular flexibility index (Phi) is 5.31. The first-order valence-corrected chi connectivity index (χ1v) is 11.0. The molecular weight excluding hydrogens is 400 g/mol. The van der Waals surface area contributed by atoms with E-state index in [0.717, 1.165) is 34.7 Å². The summed E-state index contributed by atoms with van der Waals surface area (Å²) in [5.74, 6) is 1.55. The monoisotopic (exact) mass is 426 g/mol. The topological polar surface area (TPSA) is 54.6 Å². The van der Waals surface area contributed by atoms with E-state index in [-0.39, 0.29) is 11.9 Å². The third-order valence-corrected chi connectivity index (χ3v) is 6.12. The maximum absolute atomic E-state index is 13.7. The van der Waals surface area contributed by atoms with Crippen molar-refractivity contribution in [3.8, 4) is 11.5 Å². The molecule has 5 heteroatoms. The second-order valence-electron chi connectivity index (χ2n) is 7.95. The summed E-state index contributed by atoms with van der Waals surface area (Å²) in [6.45, 7) is 3.21. The summed E-state index contributed by atoms with van der Waals surface area (Å²) in [6.07, 6.45) is 0.808. The van der Waals surface area contributed by atoms with Crippen molar-refractivity contribution < 1.29 is 14.3 Å². The molecule has 0 radical (unpaired) electrons. The normalized spacial score (nSPS) is 15.4. The van der Waals surface area contributed by atoms with Crippen LogP contribution in [0.25, 0.3) is 10.9 Å².